The van der Waals surface area contributed by atoms with Crippen LogP contribution in [-0.2, 0) is 0 Å². The van der Waals surface area contributed by atoms with E-state index in [9.17, 15) is 29.4 Å². The second kappa shape index (κ2) is 18.4. The topological polar surface area (TPSA) is 231 Å². The summed E-state index contributed by atoms with van der Waals surface area (Å²) in [6, 6.07) is 28.2. The van der Waals surface area contributed by atoms with E-state index in [1.165, 1.54) is 0 Å². The molecule has 246 valence electrons. The highest BCUT2D eigenvalue weighted by atomic mass is 16.4. The lowest BCUT2D eigenvalue weighted by Gasteiger charge is -2.13. The van der Waals surface area contributed by atoms with E-state index in [-0.39, 0.29) is 0 Å². The molecule has 0 fully saturated rings. The van der Waals surface area contributed by atoms with Crippen LogP contribution in [0, 0.1) is 22.7 Å². The van der Waals surface area contributed by atoms with Crippen molar-refractivity contribution in [3.8, 4) is 12.1 Å². The van der Waals surface area contributed by atoms with Crippen molar-refractivity contribution in [3.63, 3.8) is 0 Å². The van der Waals surface area contributed by atoms with E-state index in [0.717, 1.165) is 22.3 Å². The van der Waals surface area contributed by atoms with E-state index in [4.69, 9.17) is 20.7 Å². The average molecular weight is 667 g/mol. The molecule has 50 heavy (non-hydrogen) atoms. The Balaban J connectivity index is 0.000000203. The quantitative estimate of drug-likeness (QED) is 0.246. The number of carbonyl (C=O) groups excluding carboxylic acids is 2. The number of aromatic carboxylic acids is 4. The number of nitriles is 2. The van der Waals surface area contributed by atoms with E-state index in [1.807, 2.05) is 122 Å². The molecule has 5 aromatic rings. The SMILES string of the molecule is N#Cc1ccccc1/C=C/c1cc[nH+]cc1.N#Cc1ccccc1/C=C/c1cc[nH+]cc1.O=C([O-])c1cc(C(=O)[O-])c(C(=O)O)cc1C(=O)O. The van der Waals surface area contributed by atoms with Crippen LogP contribution in [0.1, 0.15) is 74.8 Å². The molecule has 0 saturated heterocycles. The fraction of sp³-hybridized carbons (Fsp3) is 0. The Kier molecular flexibility index (Phi) is 13.6. The summed E-state index contributed by atoms with van der Waals surface area (Å²) in [6.07, 6.45) is 15.4. The van der Waals surface area contributed by atoms with Crippen LogP contribution in [0.2, 0.25) is 0 Å². The standard InChI is InChI=1S/2C14H10N2.C10H6O8/c2*15-11-14-4-2-1-3-13(14)6-5-12-7-9-16-10-8-12;11-7(12)3-1-4(8(13)14)6(10(17)18)2-5(3)9(15)16/h2*1-10H;1-2H,(H,11,12)(H,13,14)(H,15,16)(H,17,18)/b2*6-5+;. The van der Waals surface area contributed by atoms with Crippen LogP contribution in [-0.4, -0.2) is 34.1 Å². The van der Waals surface area contributed by atoms with Gasteiger partial charge in [0.2, 0.25) is 0 Å². The molecule has 0 amide bonds. The number of nitrogens with one attached hydrogen (secondary N) is 2. The number of pyridine rings is 2. The zero-order valence-electron chi connectivity index (χ0n) is 25.9. The van der Waals surface area contributed by atoms with E-state index in [1.54, 1.807) is 0 Å². The Labute approximate surface area is 285 Å². The molecule has 4 N–H and O–H groups in total. The zero-order valence-corrected chi connectivity index (χ0v) is 25.9. The van der Waals surface area contributed by atoms with Crippen molar-refractivity contribution in [2.75, 3.05) is 0 Å². The molecule has 0 unspecified atom stereocenters. The van der Waals surface area contributed by atoms with Crippen molar-refractivity contribution in [3.05, 3.63) is 165 Å². The molecule has 2 aromatic heterocycles. The number of benzene rings is 3. The number of hydrogen-bond acceptors (Lipinski definition) is 8. The molecule has 0 aliphatic rings. The summed E-state index contributed by atoms with van der Waals surface area (Å²) in [5, 5.41) is 56.6. The van der Waals surface area contributed by atoms with E-state index < -0.39 is 46.1 Å². The van der Waals surface area contributed by atoms with Crippen molar-refractivity contribution in [2.45, 2.75) is 0 Å². The molecule has 0 radical (unpaired) electrons. The van der Waals surface area contributed by atoms with Gasteiger partial charge in [0.05, 0.1) is 46.3 Å². The third-order valence-electron chi connectivity index (χ3n) is 6.62. The molecule has 0 saturated carbocycles. The van der Waals surface area contributed by atoms with Crippen LogP contribution >= 0.6 is 0 Å². The molecule has 12 nitrogen and oxygen atoms in total. The summed E-state index contributed by atoms with van der Waals surface area (Å²) >= 11 is 0. The third-order valence-corrected chi connectivity index (χ3v) is 6.62. The van der Waals surface area contributed by atoms with Crippen molar-refractivity contribution in [1.82, 2.24) is 0 Å². The number of carbonyl (C=O) groups is 4. The van der Waals surface area contributed by atoms with Crippen LogP contribution in [0.5, 0.6) is 0 Å². The summed E-state index contributed by atoms with van der Waals surface area (Å²) < 4.78 is 0. The van der Waals surface area contributed by atoms with Crippen LogP contribution in [0.25, 0.3) is 24.3 Å². The Bertz CT molecular complexity index is 1950. The van der Waals surface area contributed by atoms with Gasteiger partial charge in [-0.15, -0.1) is 0 Å². The first-order chi connectivity index (χ1) is 24.0. The van der Waals surface area contributed by atoms with Gasteiger partial charge in [-0.2, -0.15) is 10.5 Å². The fourth-order valence-electron chi connectivity index (χ4n) is 4.17. The maximum atomic E-state index is 10.7. The largest absolute Gasteiger partial charge is 0.545 e. The lowest BCUT2D eigenvalue weighted by atomic mass is 9.98. The molecule has 0 aliphatic carbocycles. The van der Waals surface area contributed by atoms with Crippen molar-refractivity contribution < 1.29 is 49.6 Å². The monoisotopic (exact) mass is 666 g/mol. The molecule has 5 rings (SSSR count). The number of aromatic nitrogens is 2. The number of hydrogen-bond donors (Lipinski definition) is 2. The van der Waals surface area contributed by atoms with Gasteiger partial charge in [0.15, 0.2) is 24.8 Å². The van der Waals surface area contributed by atoms with E-state index >= 15 is 0 Å². The lowest BCUT2D eigenvalue weighted by Crippen LogP contribution is -2.29. The van der Waals surface area contributed by atoms with Crippen LogP contribution in [0.15, 0.2) is 110 Å². The number of nitrogens with zero attached hydrogens (tertiary/aromatic N) is 2. The van der Waals surface area contributed by atoms with Gasteiger partial charge in [0.25, 0.3) is 0 Å². The summed E-state index contributed by atoms with van der Waals surface area (Å²) in [4.78, 5) is 48.7. The second-order valence-corrected chi connectivity index (χ2v) is 9.86. The van der Waals surface area contributed by atoms with Crippen molar-refractivity contribution in [2.24, 2.45) is 0 Å². The molecule has 12 heteroatoms. The zero-order chi connectivity index (χ0) is 36.5. The molecular formula is C38H26N4O8. The lowest BCUT2D eigenvalue weighted by molar-refractivity contribution is -0.378. The summed E-state index contributed by atoms with van der Waals surface area (Å²) in [6.45, 7) is 0. The smallest absolute Gasteiger partial charge is 0.336 e. The van der Waals surface area contributed by atoms with Crippen molar-refractivity contribution in [1.29, 1.82) is 10.5 Å². The van der Waals surface area contributed by atoms with Crippen LogP contribution < -0.4 is 20.2 Å². The number of rotatable bonds is 8. The fourth-order valence-corrected chi connectivity index (χ4v) is 4.17. The average Bonchev–Trinajstić information content (AvgIpc) is 3.14. The third kappa shape index (κ3) is 10.7. The van der Waals surface area contributed by atoms with Crippen LogP contribution in [0.4, 0.5) is 0 Å². The maximum Gasteiger partial charge on any atom is 0.336 e. The number of carboxylic acid groups (broad SMARTS) is 4. The highest BCUT2D eigenvalue weighted by Crippen LogP contribution is 2.18. The molecule has 0 spiro atoms. The summed E-state index contributed by atoms with van der Waals surface area (Å²) in [5.74, 6) is -7.32. The molecule has 2 heterocycles. The number of aromatic amines is 2. The summed E-state index contributed by atoms with van der Waals surface area (Å²) in [7, 11) is 0. The highest BCUT2D eigenvalue weighted by Gasteiger charge is 2.19. The Morgan fingerprint density at radius 1 is 0.540 bits per heavy atom. The normalized spacial score (nSPS) is 10.0. The summed E-state index contributed by atoms with van der Waals surface area (Å²) in [5.41, 5.74) is 1.85. The highest BCUT2D eigenvalue weighted by molar-refractivity contribution is 6.08. The molecule has 0 aliphatic heterocycles. The Morgan fingerprint density at radius 2 is 0.880 bits per heavy atom. The molecule has 3 aromatic carbocycles. The van der Waals surface area contributed by atoms with Gasteiger partial charge in [-0.1, -0.05) is 60.7 Å². The van der Waals surface area contributed by atoms with Crippen molar-refractivity contribution >= 4 is 48.2 Å². The van der Waals surface area contributed by atoms with Crippen LogP contribution in [0.3, 0.4) is 0 Å². The van der Waals surface area contributed by atoms with Gasteiger partial charge in [-0.3, -0.25) is 0 Å². The Hall–Kier alpha value is -7.70. The predicted octanol–water partition coefficient (Wildman–Crippen LogP) is 2.90. The molecular weight excluding hydrogens is 640 g/mol. The van der Waals surface area contributed by atoms with E-state index in [0.29, 0.717) is 23.3 Å². The minimum atomic E-state index is -1.94. The predicted molar refractivity (Wildman–Crippen MR) is 175 cm³/mol. The number of H-pyrrole nitrogens is 2. The second-order valence-electron chi connectivity index (χ2n) is 9.86. The Morgan fingerprint density at radius 3 is 1.20 bits per heavy atom. The van der Waals surface area contributed by atoms with Gasteiger partial charge >= 0.3 is 11.9 Å². The van der Waals surface area contributed by atoms with Gasteiger partial charge in [-0.05, 0) is 46.5 Å². The minimum absolute atomic E-state index is 0.386. The first-order valence-corrected chi connectivity index (χ1v) is 14.4. The molecule has 0 bridgehead atoms. The van der Waals surface area contributed by atoms with Gasteiger partial charge < -0.3 is 30.0 Å². The minimum Gasteiger partial charge on any atom is -0.545 e. The van der Waals surface area contributed by atoms with E-state index in [2.05, 4.69) is 22.1 Å². The first-order valence-electron chi connectivity index (χ1n) is 14.4. The maximum absolute atomic E-state index is 10.7. The number of carboxylic acids is 4. The van der Waals surface area contributed by atoms with Gasteiger partial charge in [-0.25, -0.2) is 19.6 Å². The first kappa shape index (κ1) is 36.8. The molecule has 0 atom stereocenters. The van der Waals surface area contributed by atoms with Gasteiger partial charge in [0.1, 0.15) is 0 Å². The van der Waals surface area contributed by atoms with Gasteiger partial charge in [0, 0.05) is 35.4 Å².